The van der Waals surface area contributed by atoms with E-state index in [0.717, 1.165) is 18.4 Å². The molecule has 0 aliphatic heterocycles. The summed E-state index contributed by atoms with van der Waals surface area (Å²) in [6.45, 7) is 2.13. The zero-order valence-electron chi connectivity index (χ0n) is 7.93. The molecule has 1 rings (SSSR count). The van der Waals surface area contributed by atoms with Crippen LogP contribution in [0, 0.1) is 6.42 Å². The Balaban J connectivity index is 2.79. The second-order valence-corrected chi connectivity index (χ2v) is 5.40. The van der Waals surface area contributed by atoms with Gasteiger partial charge in [0.05, 0.1) is 0 Å². The lowest BCUT2D eigenvalue weighted by molar-refractivity contribution is 0.913. The van der Waals surface area contributed by atoms with Gasteiger partial charge in [0.15, 0.2) is 0 Å². The van der Waals surface area contributed by atoms with E-state index >= 15 is 0 Å². The molecule has 0 bridgehead atoms. The third kappa shape index (κ3) is 3.68. The Morgan fingerprint density at radius 2 is 2.00 bits per heavy atom. The van der Waals surface area contributed by atoms with Crippen molar-refractivity contribution in [2.24, 2.45) is 0 Å². The number of rotatable bonds is 3. The first-order valence-corrected chi connectivity index (χ1v) is 5.68. The van der Waals surface area contributed by atoms with Gasteiger partial charge >= 0.3 is 0 Å². The monoisotopic (exact) mass is 249 g/mol. The van der Waals surface area contributed by atoms with Gasteiger partial charge in [-0.05, 0) is 18.4 Å². The van der Waals surface area contributed by atoms with Crippen LogP contribution in [0.5, 0.6) is 0 Å². The van der Waals surface area contributed by atoms with Crippen molar-refractivity contribution in [1.29, 1.82) is 0 Å². The summed E-state index contributed by atoms with van der Waals surface area (Å²) in [4.78, 5) is 0. The molecule has 3 heteroatoms. The third-order valence-corrected chi connectivity index (χ3v) is 2.54. The molecular formula is C11H12Cl3. The molecule has 0 unspecified atom stereocenters. The highest BCUT2D eigenvalue weighted by atomic mass is 35.6. The van der Waals surface area contributed by atoms with Crippen molar-refractivity contribution in [3.63, 3.8) is 0 Å². The summed E-state index contributed by atoms with van der Waals surface area (Å²) in [5.74, 6) is 0. The summed E-state index contributed by atoms with van der Waals surface area (Å²) in [5, 5.41) is 0. The Kier molecular flexibility index (Phi) is 4.56. The highest BCUT2D eigenvalue weighted by Crippen LogP contribution is 2.38. The number of alkyl halides is 3. The van der Waals surface area contributed by atoms with Gasteiger partial charge in [0.1, 0.15) is 0 Å². The fraction of sp³-hybridized carbons (Fsp3) is 0.364. The largest absolute Gasteiger partial charge is 0.216 e. The van der Waals surface area contributed by atoms with Crippen LogP contribution in [0.15, 0.2) is 24.3 Å². The van der Waals surface area contributed by atoms with E-state index in [2.05, 4.69) is 13.3 Å². The number of benzene rings is 1. The van der Waals surface area contributed by atoms with E-state index < -0.39 is 3.79 Å². The summed E-state index contributed by atoms with van der Waals surface area (Å²) in [5.41, 5.74) is 1.82. The van der Waals surface area contributed by atoms with Crippen LogP contribution in [0.4, 0.5) is 0 Å². The third-order valence-electron chi connectivity index (χ3n) is 1.88. The lowest BCUT2D eigenvalue weighted by Crippen LogP contribution is -2.00. The minimum absolute atomic E-state index is 0.715. The number of halogens is 3. The van der Waals surface area contributed by atoms with E-state index in [1.54, 1.807) is 0 Å². The van der Waals surface area contributed by atoms with Gasteiger partial charge < -0.3 is 0 Å². The Morgan fingerprint density at radius 1 is 1.29 bits per heavy atom. The molecule has 0 heterocycles. The minimum Gasteiger partial charge on any atom is -0.0784 e. The topological polar surface area (TPSA) is 0 Å². The molecule has 0 atom stereocenters. The van der Waals surface area contributed by atoms with Gasteiger partial charge in [0.25, 0.3) is 0 Å². The number of unbranched alkanes of at least 4 members (excludes halogenated alkanes) is 1. The van der Waals surface area contributed by atoms with E-state index in [1.807, 2.05) is 24.3 Å². The number of hydrogen-bond donors (Lipinski definition) is 0. The van der Waals surface area contributed by atoms with Gasteiger partial charge in [-0.3, -0.25) is 0 Å². The summed E-state index contributed by atoms with van der Waals surface area (Å²) in [6.07, 6.45) is 4.31. The van der Waals surface area contributed by atoms with E-state index in [0.29, 0.717) is 5.56 Å². The van der Waals surface area contributed by atoms with Crippen LogP contribution >= 0.6 is 34.8 Å². The van der Waals surface area contributed by atoms with E-state index in [-0.39, 0.29) is 0 Å². The average Bonchev–Trinajstić information content (AvgIpc) is 2.14. The van der Waals surface area contributed by atoms with E-state index in [4.69, 9.17) is 34.8 Å². The maximum Gasteiger partial charge on any atom is 0.216 e. The lowest BCUT2D eigenvalue weighted by atomic mass is 10.1. The molecule has 1 aromatic carbocycles. The quantitative estimate of drug-likeness (QED) is 0.672. The molecule has 0 aliphatic rings. The molecule has 1 aromatic rings. The Labute approximate surface area is 100 Å². The van der Waals surface area contributed by atoms with E-state index in [1.165, 1.54) is 0 Å². The van der Waals surface area contributed by atoms with Gasteiger partial charge in [0.2, 0.25) is 3.79 Å². The zero-order valence-corrected chi connectivity index (χ0v) is 10.2. The van der Waals surface area contributed by atoms with E-state index in [9.17, 15) is 0 Å². The van der Waals surface area contributed by atoms with Crippen molar-refractivity contribution in [2.75, 3.05) is 0 Å². The molecule has 1 radical (unpaired) electrons. The molecule has 0 aromatic heterocycles. The summed E-state index contributed by atoms with van der Waals surface area (Å²) < 4.78 is -1.32. The van der Waals surface area contributed by atoms with Crippen molar-refractivity contribution in [3.8, 4) is 0 Å². The highest BCUT2D eigenvalue weighted by molar-refractivity contribution is 6.66. The van der Waals surface area contributed by atoms with Gasteiger partial charge in [-0.2, -0.15) is 0 Å². The van der Waals surface area contributed by atoms with Gasteiger partial charge in [-0.15, -0.1) is 0 Å². The fourth-order valence-electron chi connectivity index (χ4n) is 1.15. The fourth-order valence-corrected chi connectivity index (χ4v) is 1.51. The van der Waals surface area contributed by atoms with Crippen LogP contribution in [-0.4, -0.2) is 0 Å². The zero-order chi connectivity index (χ0) is 10.6. The molecule has 0 spiro atoms. The van der Waals surface area contributed by atoms with Gasteiger partial charge in [0, 0.05) is 5.56 Å². The average molecular weight is 251 g/mol. The molecule has 0 saturated carbocycles. The van der Waals surface area contributed by atoms with Crippen LogP contribution in [0.2, 0.25) is 0 Å². The normalized spacial score (nSPS) is 11.7. The summed E-state index contributed by atoms with van der Waals surface area (Å²) in [6, 6.07) is 7.63. The first kappa shape index (κ1) is 12.2. The molecule has 14 heavy (non-hydrogen) atoms. The standard InChI is InChI=1S/C11H12Cl3/c1-2-3-5-9-6-4-7-10(8-9)11(12,13)14/h4-8H,2-3H2,1H3. The minimum atomic E-state index is -1.32. The maximum atomic E-state index is 5.78. The van der Waals surface area contributed by atoms with Crippen molar-refractivity contribution in [2.45, 2.75) is 23.6 Å². The maximum absolute atomic E-state index is 5.78. The summed E-state index contributed by atoms with van der Waals surface area (Å²) in [7, 11) is 0. The first-order chi connectivity index (χ1) is 6.54. The molecule has 77 valence electrons. The van der Waals surface area contributed by atoms with Crippen molar-refractivity contribution in [1.82, 2.24) is 0 Å². The van der Waals surface area contributed by atoms with Crippen molar-refractivity contribution < 1.29 is 0 Å². The smallest absolute Gasteiger partial charge is 0.0784 e. The van der Waals surface area contributed by atoms with Crippen LogP contribution < -0.4 is 0 Å². The van der Waals surface area contributed by atoms with Gasteiger partial charge in [-0.1, -0.05) is 72.4 Å². The van der Waals surface area contributed by atoms with Crippen LogP contribution in [-0.2, 0) is 3.79 Å². The summed E-state index contributed by atoms with van der Waals surface area (Å²) >= 11 is 17.3. The van der Waals surface area contributed by atoms with Crippen molar-refractivity contribution in [3.05, 3.63) is 41.8 Å². The Hall–Kier alpha value is 0.0900. The predicted octanol–water partition coefficient (Wildman–Crippen LogP) is 4.87. The molecule has 0 amide bonds. The second-order valence-electron chi connectivity index (χ2n) is 3.12. The molecule has 0 saturated heterocycles. The molecular weight excluding hydrogens is 238 g/mol. The molecule has 0 fully saturated rings. The van der Waals surface area contributed by atoms with Crippen LogP contribution in [0.3, 0.4) is 0 Å². The first-order valence-electron chi connectivity index (χ1n) is 4.54. The van der Waals surface area contributed by atoms with Gasteiger partial charge in [-0.25, -0.2) is 0 Å². The predicted molar refractivity (Wildman–Crippen MR) is 64.0 cm³/mol. The van der Waals surface area contributed by atoms with Crippen LogP contribution in [0.25, 0.3) is 0 Å². The molecule has 0 nitrogen and oxygen atoms in total. The van der Waals surface area contributed by atoms with Crippen LogP contribution in [0.1, 0.15) is 30.9 Å². The number of hydrogen-bond acceptors (Lipinski definition) is 0. The highest BCUT2D eigenvalue weighted by Gasteiger charge is 2.22. The Bertz CT molecular complexity index is 289. The SMILES string of the molecule is CCC[CH]c1cccc(C(Cl)(Cl)Cl)c1. The molecule has 0 aliphatic carbocycles. The Morgan fingerprint density at radius 3 is 2.57 bits per heavy atom. The second kappa shape index (κ2) is 5.25. The lowest BCUT2D eigenvalue weighted by Gasteiger charge is -2.12. The molecule has 0 N–H and O–H groups in total. The van der Waals surface area contributed by atoms with Crippen molar-refractivity contribution >= 4 is 34.8 Å².